The van der Waals surface area contributed by atoms with E-state index in [-0.39, 0.29) is 12.8 Å². The molecule has 1 saturated heterocycles. The van der Waals surface area contributed by atoms with Crippen molar-refractivity contribution in [3.05, 3.63) is 0 Å². The smallest absolute Gasteiger partial charge is 0.475 e. The number of hydrogen-bond acceptors (Lipinski definition) is 4. The van der Waals surface area contributed by atoms with Gasteiger partial charge in [-0.3, -0.25) is 0 Å². The summed E-state index contributed by atoms with van der Waals surface area (Å²) in [5, 5.41) is 9.95. The topological polar surface area (TPSA) is 95.5 Å². The quantitative estimate of drug-likeness (QED) is 0.641. The molecule has 0 spiro atoms. The Kier molecular flexibility index (Phi) is 7.23. The van der Waals surface area contributed by atoms with Gasteiger partial charge < -0.3 is 10.4 Å². The van der Waals surface area contributed by atoms with Gasteiger partial charge in [0.15, 0.2) is 0 Å². The first-order valence-electron chi connectivity index (χ1n) is 5.86. The van der Waals surface area contributed by atoms with Gasteiger partial charge in [-0.1, -0.05) is 0 Å². The van der Waals surface area contributed by atoms with E-state index in [1.165, 1.54) is 4.72 Å². The number of nitrogens with one attached hydrogen (secondary N) is 2. The van der Waals surface area contributed by atoms with E-state index in [0.29, 0.717) is 13.1 Å². The van der Waals surface area contributed by atoms with Crippen LogP contribution in [0, 0.1) is 0 Å². The van der Waals surface area contributed by atoms with Crippen LogP contribution in [-0.2, 0) is 14.8 Å². The Bertz CT molecular complexity index is 497. The zero-order valence-electron chi connectivity index (χ0n) is 11.3. The first-order valence-corrected chi connectivity index (χ1v) is 7.35. The Morgan fingerprint density at radius 1 is 1.13 bits per heavy atom. The Balaban J connectivity index is 0.000000585. The van der Waals surface area contributed by atoms with Crippen molar-refractivity contribution in [2.45, 2.75) is 30.2 Å². The fourth-order valence-corrected chi connectivity index (χ4v) is 1.97. The molecule has 0 aromatic heterocycles. The predicted molar refractivity (Wildman–Crippen MR) is 62.6 cm³/mol. The van der Waals surface area contributed by atoms with Gasteiger partial charge in [-0.15, -0.1) is 0 Å². The SMILES string of the molecule is O=C(O)C(F)(F)F.O=S(=O)(NCC1(F)CCNCC1)C(F)(F)F. The van der Waals surface area contributed by atoms with Gasteiger partial charge in [0.05, 0.1) is 0 Å². The molecule has 1 aliphatic heterocycles. The number of sulfonamides is 1. The molecule has 6 nitrogen and oxygen atoms in total. The molecule has 0 aliphatic carbocycles. The van der Waals surface area contributed by atoms with Crippen molar-refractivity contribution in [1.82, 2.24) is 10.0 Å². The van der Waals surface area contributed by atoms with Crippen molar-refractivity contribution in [3.8, 4) is 0 Å². The summed E-state index contributed by atoms with van der Waals surface area (Å²) < 4.78 is 104. The summed E-state index contributed by atoms with van der Waals surface area (Å²) in [4.78, 5) is 8.90. The Morgan fingerprint density at radius 3 is 1.83 bits per heavy atom. The first kappa shape index (κ1) is 21.9. The molecule has 0 atom stereocenters. The van der Waals surface area contributed by atoms with E-state index in [2.05, 4.69) is 5.32 Å². The highest BCUT2D eigenvalue weighted by atomic mass is 32.2. The number of carboxylic acids is 1. The molecule has 1 fully saturated rings. The normalized spacial score (nSPS) is 18.7. The van der Waals surface area contributed by atoms with Crippen molar-refractivity contribution >= 4 is 16.0 Å². The van der Waals surface area contributed by atoms with Crippen LogP contribution < -0.4 is 10.0 Å². The average Bonchev–Trinajstić information content (AvgIpc) is 2.36. The number of carbonyl (C=O) groups is 1. The van der Waals surface area contributed by atoms with Gasteiger partial charge >= 0.3 is 27.7 Å². The lowest BCUT2D eigenvalue weighted by Crippen LogP contribution is -2.49. The van der Waals surface area contributed by atoms with E-state index in [1.807, 2.05) is 0 Å². The Labute approximate surface area is 126 Å². The Hall–Kier alpha value is -1.15. The number of hydrogen-bond donors (Lipinski definition) is 3. The van der Waals surface area contributed by atoms with Gasteiger partial charge in [-0.25, -0.2) is 22.3 Å². The second kappa shape index (κ2) is 7.61. The zero-order chi connectivity index (χ0) is 18.5. The highest BCUT2D eigenvalue weighted by Crippen LogP contribution is 2.25. The molecule has 0 unspecified atom stereocenters. The lowest BCUT2D eigenvalue weighted by Gasteiger charge is -2.30. The van der Waals surface area contributed by atoms with Crippen LogP contribution in [0.15, 0.2) is 0 Å². The third kappa shape index (κ3) is 7.78. The maximum absolute atomic E-state index is 13.8. The summed E-state index contributed by atoms with van der Waals surface area (Å²) in [6.07, 6.45) is -5.10. The summed E-state index contributed by atoms with van der Waals surface area (Å²) in [5.41, 5.74) is -7.29. The molecule has 1 aliphatic rings. The molecule has 1 rings (SSSR count). The molecule has 0 bridgehead atoms. The first-order chi connectivity index (χ1) is 10.1. The van der Waals surface area contributed by atoms with Gasteiger partial charge in [0, 0.05) is 6.54 Å². The van der Waals surface area contributed by atoms with Crippen molar-refractivity contribution in [1.29, 1.82) is 0 Å². The lowest BCUT2D eigenvalue weighted by molar-refractivity contribution is -0.192. The number of alkyl halides is 7. The minimum atomic E-state index is -5.45. The molecule has 23 heavy (non-hydrogen) atoms. The zero-order valence-corrected chi connectivity index (χ0v) is 12.1. The maximum atomic E-state index is 13.8. The summed E-state index contributed by atoms with van der Waals surface area (Å²) in [6, 6.07) is 0. The van der Waals surface area contributed by atoms with Gasteiger partial charge in [0.2, 0.25) is 0 Å². The van der Waals surface area contributed by atoms with Crippen LogP contribution in [0.25, 0.3) is 0 Å². The average molecular weight is 378 g/mol. The van der Waals surface area contributed by atoms with Gasteiger partial charge in [0.1, 0.15) is 5.67 Å². The summed E-state index contributed by atoms with van der Waals surface area (Å²) in [6.45, 7) is -0.189. The van der Waals surface area contributed by atoms with Crippen molar-refractivity contribution in [3.63, 3.8) is 0 Å². The molecule has 14 heteroatoms. The molecule has 0 saturated carbocycles. The molecule has 3 N–H and O–H groups in total. The van der Waals surface area contributed by atoms with E-state index < -0.39 is 39.9 Å². The Morgan fingerprint density at radius 2 is 1.52 bits per heavy atom. The van der Waals surface area contributed by atoms with Crippen LogP contribution in [0.5, 0.6) is 0 Å². The monoisotopic (exact) mass is 378 g/mol. The van der Waals surface area contributed by atoms with Gasteiger partial charge in [0.25, 0.3) is 0 Å². The van der Waals surface area contributed by atoms with Crippen molar-refractivity contribution in [2.75, 3.05) is 19.6 Å². The molecular formula is C9H13F7N2O4S. The molecule has 0 radical (unpaired) electrons. The van der Waals surface area contributed by atoms with Crippen LogP contribution in [-0.4, -0.2) is 56.5 Å². The fourth-order valence-electron chi connectivity index (χ4n) is 1.36. The third-order valence-corrected chi connectivity index (χ3v) is 3.76. The molecule has 0 aromatic rings. The number of rotatable bonds is 3. The number of aliphatic carboxylic acids is 1. The van der Waals surface area contributed by atoms with E-state index in [9.17, 15) is 39.2 Å². The van der Waals surface area contributed by atoms with Gasteiger partial charge in [-0.2, -0.15) is 26.3 Å². The van der Waals surface area contributed by atoms with Crippen molar-refractivity contribution in [2.24, 2.45) is 0 Å². The standard InChI is InChI=1S/C7H12F4N2O2S.C2HF3O2/c8-6(1-3-12-4-2-6)5-13-16(14,15)7(9,10)11;3-2(4,5)1(6)7/h12-13H,1-5H2;(H,6,7). The molecule has 0 aromatic carbocycles. The lowest BCUT2D eigenvalue weighted by atomic mass is 9.95. The van der Waals surface area contributed by atoms with E-state index in [1.54, 1.807) is 0 Å². The third-order valence-electron chi connectivity index (χ3n) is 2.63. The van der Waals surface area contributed by atoms with Crippen LogP contribution in [0.3, 0.4) is 0 Å². The molecular weight excluding hydrogens is 365 g/mol. The highest BCUT2D eigenvalue weighted by Gasteiger charge is 2.47. The van der Waals surface area contributed by atoms with E-state index >= 15 is 0 Å². The minimum absolute atomic E-state index is 0.00657. The molecule has 1 heterocycles. The van der Waals surface area contributed by atoms with Gasteiger partial charge in [-0.05, 0) is 25.9 Å². The maximum Gasteiger partial charge on any atom is 0.511 e. The molecule has 138 valence electrons. The largest absolute Gasteiger partial charge is 0.511 e. The summed E-state index contributed by atoms with van der Waals surface area (Å²) in [7, 11) is -5.45. The molecule has 0 amide bonds. The van der Waals surface area contributed by atoms with E-state index in [0.717, 1.165) is 0 Å². The minimum Gasteiger partial charge on any atom is -0.475 e. The second-order valence-electron chi connectivity index (χ2n) is 4.47. The van der Waals surface area contributed by atoms with Crippen LogP contribution in [0.2, 0.25) is 0 Å². The summed E-state index contributed by atoms with van der Waals surface area (Å²) in [5.74, 6) is -2.76. The highest BCUT2D eigenvalue weighted by molar-refractivity contribution is 7.90. The second-order valence-corrected chi connectivity index (χ2v) is 6.23. The van der Waals surface area contributed by atoms with Crippen molar-refractivity contribution < 1.29 is 49.1 Å². The van der Waals surface area contributed by atoms with E-state index in [4.69, 9.17) is 9.90 Å². The van der Waals surface area contributed by atoms with Crippen LogP contribution in [0.1, 0.15) is 12.8 Å². The predicted octanol–water partition coefficient (Wildman–Crippen LogP) is 1.15. The number of carboxylic acid groups (broad SMARTS) is 1. The van der Waals surface area contributed by atoms with Crippen LogP contribution in [0.4, 0.5) is 30.7 Å². The number of piperidine rings is 1. The number of halogens is 7. The fraction of sp³-hybridized carbons (Fsp3) is 0.889. The van der Waals surface area contributed by atoms with Crippen LogP contribution >= 0.6 is 0 Å². The summed E-state index contributed by atoms with van der Waals surface area (Å²) >= 11 is 0.